The number of hydrogen-bond donors (Lipinski definition) is 1. The van der Waals surface area contributed by atoms with Gasteiger partial charge in [-0.05, 0) is 26.2 Å². The number of likely N-dealkylation sites (tertiary alicyclic amines) is 1. The Morgan fingerprint density at radius 2 is 1.85 bits per heavy atom. The molecule has 2 amide bonds. The molecule has 0 aromatic rings. The highest BCUT2D eigenvalue weighted by Crippen LogP contribution is 2.20. The normalized spacial score (nSPS) is 25.8. The molecule has 1 N–H and O–H groups in total. The summed E-state index contributed by atoms with van der Waals surface area (Å²) in [7, 11) is 0. The van der Waals surface area contributed by atoms with E-state index >= 15 is 0 Å². The minimum atomic E-state index is -0.880. The van der Waals surface area contributed by atoms with Crippen LogP contribution in [0.4, 0.5) is 4.79 Å². The molecule has 0 aromatic heterocycles. The van der Waals surface area contributed by atoms with Crippen molar-refractivity contribution in [3.63, 3.8) is 0 Å². The van der Waals surface area contributed by atoms with Crippen LogP contribution in [0.5, 0.6) is 0 Å². The lowest BCUT2D eigenvalue weighted by Crippen LogP contribution is -2.55. The summed E-state index contributed by atoms with van der Waals surface area (Å²) in [6.07, 6.45) is 2.48. The molecule has 6 heteroatoms. The summed E-state index contributed by atoms with van der Waals surface area (Å²) >= 11 is 0. The molecular formula is C14H25N3O3. The van der Waals surface area contributed by atoms with Gasteiger partial charge in [0, 0.05) is 38.8 Å². The van der Waals surface area contributed by atoms with Crippen LogP contribution in [-0.4, -0.2) is 76.6 Å². The number of carbonyl (C=O) groups is 2. The van der Waals surface area contributed by atoms with Crippen LogP contribution in [0.25, 0.3) is 0 Å². The van der Waals surface area contributed by atoms with E-state index in [-0.39, 0.29) is 6.03 Å². The molecule has 0 saturated carbocycles. The number of piperazine rings is 1. The van der Waals surface area contributed by atoms with Gasteiger partial charge in [0.25, 0.3) is 0 Å². The number of carboxylic acids is 1. The van der Waals surface area contributed by atoms with Crippen LogP contribution in [0.2, 0.25) is 0 Å². The molecule has 0 aliphatic carbocycles. The third-order valence-corrected chi connectivity index (χ3v) is 4.58. The van der Waals surface area contributed by atoms with Gasteiger partial charge in [0.05, 0.1) is 0 Å². The first-order valence-electron chi connectivity index (χ1n) is 7.57. The lowest BCUT2D eigenvalue weighted by molar-refractivity contribution is -0.141. The van der Waals surface area contributed by atoms with Gasteiger partial charge in [0.1, 0.15) is 6.04 Å². The largest absolute Gasteiger partial charge is 0.480 e. The fourth-order valence-electron chi connectivity index (χ4n) is 3.05. The minimum absolute atomic E-state index is 0.0984. The molecule has 0 radical (unpaired) electrons. The highest BCUT2D eigenvalue weighted by atomic mass is 16.4. The molecule has 2 atom stereocenters. The SMILES string of the molecule is CCC(C)N1CCN(C(=O)N2CCC[C@H]2C(=O)O)CC1. The van der Waals surface area contributed by atoms with Crippen molar-refractivity contribution in [3.05, 3.63) is 0 Å². The first-order chi connectivity index (χ1) is 9.54. The Balaban J connectivity index is 1.90. The van der Waals surface area contributed by atoms with Gasteiger partial charge >= 0.3 is 12.0 Å². The van der Waals surface area contributed by atoms with Crippen molar-refractivity contribution in [3.8, 4) is 0 Å². The molecule has 2 heterocycles. The monoisotopic (exact) mass is 283 g/mol. The third kappa shape index (κ3) is 3.06. The van der Waals surface area contributed by atoms with E-state index in [1.54, 1.807) is 4.90 Å². The fourth-order valence-corrected chi connectivity index (χ4v) is 3.05. The van der Waals surface area contributed by atoms with E-state index in [1.807, 2.05) is 0 Å². The topological polar surface area (TPSA) is 64.1 Å². The van der Waals surface area contributed by atoms with Crippen molar-refractivity contribution in [2.75, 3.05) is 32.7 Å². The van der Waals surface area contributed by atoms with Crippen LogP contribution < -0.4 is 0 Å². The van der Waals surface area contributed by atoms with Gasteiger partial charge in [-0.3, -0.25) is 4.90 Å². The number of carboxylic acid groups (broad SMARTS) is 1. The van der Waals surface area contributed by atoms with Gasteiger partial charge in [-0.1, -0.05) is 6.92 Å². The zero-order chi connectivity index (χ0) is 14.7. The Morgan fingerprint density at radius 1 is 1.20 bits per heavy atom. The first-order valence-corrected chi connectivity index (χ1v) is 7.57. The Labute approximate surface area is 120 Å². The molecule has 1 unspecified atom stereocenters. The number of carbonyl (C=O) groups excluding carboxylic acids is 1. The van der Waals surface area contributed by atoms with Gasteiger partial charge in [-0.25, -0.2) is 9.59 Å². The van der Waals surface area contributed by atoms with E-state index in [1.165, 1.54) is 4.90 Å². The molecule has 0 bridgehead atoms. The van der Waals surface area contributed by atoms with E-state index < -0.39 is 12.0 Å². The number of rotatable bonds is 3. The Morgan fingerprint density at radius 3 is 2.40 bits per heavy atom. The zero-order valence-electron chi connectivity index (χ0n) is 12.4. The highest BCUT2D eigenvalue weighted by molar-refractivity contribution is 5.83. The number of aliphatic carboxylic acids is 1. The fraction of sp³-hybridized carbons (Fsp3) is 0.857. The molecule has 2 aliphatic heterocycles. The van der Waals surface area contributed by atoms with Gasteiger partial charge in [0.15, 0.2) is 0 Å². The standard InChI is InChI=1S/C14H25N3O3/c1-3-11(2)15-7-9-16(10-8-15)14(20)17-6-4-5-12(17)13(18)19/h11-12H,3-10H2,1-2H3,(H,18,19)/t11?,12-/m0/s1. The summed E-state index contributed by atoms with van der Waals surface area (Å²) in [6.45, 7) is 8.11. The Bertz CT molecular complexity index is 367. The van der Waals surface area contributed by atoms with Gasteiger partial charge < -0.3 is 14.9 Å². The summed E-state index contributed by atoms with van der Waals surface area (Å²) < 4.78 is 0. The van der Waals surface area contributed by atoms with Crippen molar-refractivity contribution >= 4 is 12.0 Å². The van der Waals surface area contributed by atoms with E-state index in [9.17, 15) is 9.59 Å². The smallest absolute Gasteiger partial charge is 0.326 e. The van der Waals surface area contributed by atoms with Crippen LogP contribution >= 0.6 is 0 Å². The van der Waals surface area contributed by atoms with E-state index in [4.69, 9.17) is 5.11 Å². The van der Waals surface area contributed by atoms with Crippen LogP contribution in [0.15, 0.2) is 0 Å². The summed E-state index contributed by atoms with van der Waals surface area (Å²) in [5, 5.41) is 9.16. The average molecular weight is 283 g/mol. The first kappa shape index (κ1) is 15.1. The molecule has 0 spiro atoms. The van der Waals surface area contributed by atoms with Crippen molar-refractivity contribution in [2.45, 2.75) is 45.2 Å². The second-order valence-corrected chi connectivity index (χ2v) is 5.75. The lowest BCUT2D eigenvalue weighted by Gasteiger charge is -2.39. The Kier molecular flexibility index (Phi) is 4.86. The second kappa shape index (κ2) is 6.43. The molecule has 114 valence electrons. The van der Waals surface area contributed by atoms with E-state index in [0.29, 0.717) is 32.1 Å². The van der Waals surface area contributed by atoms with Gasteiger partial charge in [-0.2, -0.15) is 0 Å². The van der Waals surface area contributed by atoms with E-state index in [0.717, 1.165) is 25.9 Å². The number of nitrogens with zero attached hydrogens (tertiary/aromatic N) is 3. The summed E-state index contributed by atoms with van der Waals surface area (Å²) in [4.78, 5) is 29.3. The second-order valence-electron chi connectivity index (χ2n) is 5.75. The Hall–Kier alpha value is -1.30. The maximum atomic E-state index is 12.4. The van der Waals surface area contributed by atoms with Crippen LogP contribution in [0.1, 0.15) is 33.1 Å². The molecule has 2 aliphatic rings. The van der Waals surface area contributed by atoms with Gasteiger partial charge in [0.2, 0.25) is 0 Å². The van der Waals surface area contributed by atoms with Crippen molar-refractivity contribution in [2.24, 2.45) is 0 Å². The number of hydrogen-bond acceptors (Lipinski definition) is 3. The summed E-state index contributed by atoms with van der Waals surface area (Å²) in [6, 6.07) is -0.181. The molecule has 20 heavy (non-hydrogen) atoms. The highest BCUT2D eigenvalue weighted by Gasteiger charge is 2.37. The zero-order valence-corrected chi connectivity index (χ0v) is 12.4. The van der Waals surface area contributed by atoms with Crippen LogP contribution in [0, 0.1) is 0 Å². The third-order valence-electron chi connectivity index (χ3n) is 4.58. The maximum Gasteiger partial charge on any atom is 0.326 e. The quantitative estimate of drug-likeness (QED) is 0.841. The van der Waals surface area contributed by atoms with Crippen molar-refractivity contribution in [1.29, 1.82) is 0 Å². The molecule has 2 fully saturated rings. The minimum Gasteiger partial charge on any atom is -0.480 e. The predicted octanol–water partition coefficient (Wildman–Crippen LogP) is 1.07. The number of amides is 2. The van der Waals surface area contributed by atoms with E-state index in [2.05, 4.69) is 18.7 Å². The average Bonchev–Trinajstić information content (AvgIpc) is 2.95. The molecule has 2 saturated heterocycles. The van der Waals surface area contributed by atoms with Gasteiger partial charge in [-0.15, -0.1) is 0 Å². The van der Waals surface area contributed by atoms with Crippen LogP contribution in [0.3, 0.4) is 0 Å². The molecule has 2 rings (SSSR count). The molecular weight excluding hydrogens is 258 g/mol. The lowest BCUT2D eigenvalue weighted by atomic mass is 10.2. The predicted molar refractivity (Wildman–Crippen MR) is 75.7 cm³/mol. The summed E-state index contributed by atoms with van der Waals surface area (Å²) in [5.41, 5.74) is 0. The molecule has 0 aromatic carbocycles. The van der Waals surface area contributed by atoms with Crippen molar-refractivity contribution in [1.82, 2.24) is 14.7 Å². The molecule has 6 nitrogen and oxygen atoms in total. The number of urea groups is 1. The maximum absolute atomic E-state index is 12.4. The van der Waals surface area contributed by atoms with Crippen molar-refractivity contribution < 1.29 is 14.7 Å². The van der Waals surface area contributed by atoms with Crippen LogP contribution in [-0.2, 0) is 4.79 Å². The summed E-state index contributed by atoms with van der Waals surface area (Å²) in [5.74, 6) is -0.880.